The first-order chi connectivity index (χ1) is 6.83. The Morgan fingerprint density at radius 2 is 2.43 bits per heavy atom. The Kier molecular flexibility index (Phi) is 2.82. The van der Waals surface area contributed by atoms with Crippen LogP contribution in [0.2, 0.25) is 0 Å². The first kappa shape index (κ1) is 9.65. The normalized spacial score (nSPS) is 27.0. The molecule has 1 aliphatic carbocycles. The van der Waals surface area contributed by atoms with Crippen LogP contribution < -0.4 is 0 Å². The molecule has 2 rings (SSSR count). The van der Waals surface area contributed by atoms with Gasteiger partial charge in [-0.25, -0.2) is 4.68 Å². The van der Waals surface area contributed by atoms with Crippen molar-refractivity contribution in [3.05, 3.63) is 11.9 Å². The molecule has 0 radical (unpaired) electrons. The number of nitrogens with zero attached hydrogens (tertiary/aromatic N) is 3. The third-order valence-corrected chi connectivity index (χ3v) is 2.94. The molecule has 1 heterocycles. The van der Waals surface area contributed by atoms with Crippen molar-refractivity contribution >= 4 is 0 Å². The Balaban J connectivity index is 2.17. The van der Waals surface area contributed by atoms with Gasteiger partial charge in [-0.2, -0.15) is 0 Å². The number of aliphatic hydroxyl groups excluding tert-OH is 1. The fraction of sp³-hybridized carbons (Fsp3) is 0.800. The minimum Gasteiger partial charge on any atom is -0.392 e. The van der Waals surface area contributed by atoms with Crippen LogP contribution in [-0.4, -0.2) is 26.2 Å². The third kappa shape index (κ3) is 1.66. The highest BCUT2D eigenvalue weighted by Crippen LogP contribution is 2.33. The van der Waals surface area contributed by atoms with Crippen LogP contribution >= 0.6 is 0 Å². The van der Waals surface area contributed by atoms with E-state index in [2.05, 4.69) is 17.2 Å². The molecule has 0 spiro atoms. The van der Waals surface area contributed by atoms with Gasteiger partial charge in [-0.1, -0.05) is 18.6 Å². The van der Waals surface area contributed by atoms with Crippen molar-refractivity contribution in [2.45, 2.75) is 51.2 Å². The average Bonchev–Trinajstić information content (AvgIpc) is 2.74. The van der Waals surface area contributed by atoms with Gasteiger partial charge >= 0.3 is 0 Å². The summed E-state index contributed by atoms with van der Waals surface area (Å²) in [6.45, 7) is 3.02. The molecule has 1 aromatic heterocycles. The van der Waals surface area contributed by atoms with E-state index in [1.54, 1.807) is 6.20 Å². The summed E-state index contributed by atoms with van der Waals surface area (Å²) in [5.41, 5.74) is 1.11. The largest absolute Gasteiger partial charge is 0.392 e. The summed E-state index contributed by atoms with van der Waals surface area (Å²) >= 11 is 0. The van der Waals surface area contributed by atoms with Crippen molar-refractivity contribution < 1.29 is 5.11 Å². The van der Waals surface area contributed by atoms with Gasteiger partial charge < -0.3 is 5.11 Å². The molecule has 1 aliphatic rings. The van der Waals surface area contributed by atoms with Crippen LogP contribution in [0, 0.1) is 0 Å². The molecular weight excluding hydrogens is 178 g/mol. The second-order valence-corrected chi connectivity index (χ2v) is 3.99. The molecule has 0 amide bonds. The number of rotatable bonds is 3. The van der Waals surface area contributed by atoms with Crippen LogP contribution in [0.3, 0.4) is 0 Å². The van der Waals surface area contributed by atoms with Gasteiger partial charge in [0.2, 0.25) is 0 Å². The zero-order valence-electron chi connectivity index (χ0n) is 8.56. The monoisotopic (exact) mass is 195 g/mol. The van der Waals surface area contributed by atoms with Crippen LogP contribution in [0.1, 0.15) is 44.2 Å². The Morgan fingerprint density at radius 3 is 3.07 bits per heavy atom. The van der Waals surface area contributed by atoms with Gasteiger partial charge in [0.15, 0.2) is 0 Å². The number of aromatic nitrogens is 3. The zero-order valence-corrected chi connectivity index (χ0v) is 8.56. The summed E-state index contributed by atoms with van der Waals surface area (Å²) in [4.78, 5) is 0. The molecule has 4 heteroatoms. The summed E-state index contributed by atoms with van der Waals surface area (Å²) in [5.74, 6) is 0.261. The molecule has 0 bridgehead atoms. The van der Waals surface area contributed by atoms with Gasteiger partial charge in [-0.3, -0.25) is 0 Å². The van der Waals surface area contributed by atoms with E-state index in [0.717, 1.165) is 37.9 Å². The van der Waals surface area contributed by atoms with Crippen LogP contribution in [0.15, 0.2) is 6.20 Å². The van der Waals surface area contributed by atoms with Crippen LogP contribution in [-0.2, 0) is 6.54 Å². The second-order valence-electron chi connectivity index (χ2n) is 3.99. The molecule has 78 valence electrons. The van der Waals surface area contributed by atoms with E-state index in [1.807, 2.05) is 4.68 Å². The van der Waals surface area contributed by atoms with Gasteiger partial charge in [-0.15, -0.1) is 5.10 Å². The Hall–Kier alpha value is -0.900. The number of hydrogen-bond acceptors (Lipinski definition) is 3. The predicted molar refractivity (Wildman–Crippen MR) is 52.9 cm³/mol. The summed E-state index contributed by atoms with van der Waals surface area (Å²) in [7, 11) is 0. The molecule has 1 N–H and O–H groups in total. The molecule has 0 aromatic carbocycles. The molecule has 1 saturated carbocycles. The van der Waals surface area contributed by atoms with Crippen LogP contribution in [0.5, 0.6) is 0 Å². The molecular formula is C10H17N3O. The summed E-state index contributed by atoms with van der Waals surface area (Å²) < 4.78 is 1.93. The number of hydrogen-bond donors (Lipinski definition) is 1. The van der Waals surface area contributed by atoms with E-state index < -0.39 is 0 Å². The van der Waals surface area contributed by atoms with Crippen molar-refractivity contribution in [3.8, 4) is 0 Å². The lowest BCUT2D eigenvalue weighted by Gasteiger charge is -2.14. The smallest absolute Gasteiger partial charge is 0.0729 e. The van der Waals surface area contributed by atoms with E-state index >= 15 is 0 Å². The lowest BCUT2D eigenvalue weighted by molar-refractivity contribution is 0.160. The second kappa shape index (κ2) is 4.09. The van der Waals surface area contributed by atoms with Crippen LogP contribution in [0.4, 0.5) is 0 Å². The standard InChI is InChI=1S/C10H17N3O/c1-2-6-13-9(7-11-12-13)8-4-3-5-10(8)14/h7-8,10,14H,2-6H2,1H3. The maximum Gasteiger partial charge on any atom is 0.0729 e. The topological polar surface area (TPSA) is 50.9 Å². The highest BCUT2D eigenvalue weighted by atomic mass is 16.3. The molecule has 4 nitrogen and oxygen atoms in total. The molecule has 1 aromatic rings. The van der Waals surface area contributed by atoms with Gasteiger partial charge in [-0.05, 0) is 19.3 Å². The van der Waals surface area contributed by atoms with Crippen molar-refractivity contribution in [1.29, 1.82) is 0 Å². The Morgan fingerprint density at radius 1 is 1.57 bits per heavy atom. The molecule has 14 heavy (non-hydrogen) atoms. The summed E-state index contributed by atoms with van der Waals surface area (Å²) in [6, 6.07) is 0. The third-order valence-electron chi connectivity index (χ3n) is 2.94. The highest BCUT2D eigenvalue weighted by Gasteiger charge is 2.29. The maximum absolute atomic E-state index is 9.78. The lowest BCUT2D eigenvalue weighted by atomic mass is 10.0. The average molecular weight is 195 g/mol. The fourth-order valence-electron chi connectivity index (χ4n) is 2.22. The predicted octanol–water partition coefficient (Wildman–Crippen LogP) is 1.32. The summed E-state index contributed by atoms with van der Waals surface area (Å²) in [5, 5.41) is 17.7. The SMILES string of the molecule is CCCn1nncc1C1CCCC1O. The minimum absolute atomic E-state index is 0.191. The fourth-order valence-corrected chi connectivity index (χ4v) is 2.22. The Bertz CT molecular complexity index is 297. The zero-order chi connectivity index (χ0) is 9.97. The van der Waals surface area contributed by atoms with E-state index in [-0.39, 0.29) is 12.0 Å². The first-order valence-electron chi connectivity index (χ1n) is 5.39. The van der Waals surface area contributed by atoms with E-state index in [9.17, 15) is 5.11 Å². The van der Waals surface area contributed by atoms with E-state index in [1.165, 1.54) is 0 Å². The molecule has 2 atom stereocenters. The first-order valence-corrected chi connectivity index (χ1v) is 5.39. The lowest BCUT2D eigenvalue weighted by Crippen LogP contribution is -2.16. The van der Waals surface area contributed by atoms with Gasteiger partial charge in [0.05, 0.1) is 18.0 Å². The van der Waals surface area contributed by atoms with Crippen molar-refractivity contribution in [2.75, 3.05) is 0 Å². The molecule has 2 unspecified atom stereocenters. The van der Waals surface area contributed by atoms with E-state index in [4.69, 9.17) is 0 Å². The highest BCUT2D eigenvalue weighted by molar-refractivity contribution is 5.08. The summed E-state index contributed by atoms with van der Waals surface area (Å²) in [6.07, 6.45) is 5.77. The van der Waals surface area contributed by atoms with Crippen molar-refractivity contribution in [2.24, 2.45) is 0 Å². The van der Waals surface area contributed by atoms with Gasteiger partial charge in [0, 0.05) is 12.5 Å². The molecule has 1 fully saturated rings. The van der Waals surface area contributed by atoms with Crippen molar-refractivity contribution in [3.63, 3.8) is 0 Å². The van der Waals surface area contributed by atoms with Crippen molar-refractivity contribution in [1.82, 2.24) is 15.0 Å². The Labute approximate surface area is 83.9 Å². The van der Waals surface area contributed by atoms with Crippen LogP contribution in [0.25, 0.3) is 0 Å². The molecule has 0 aliphatic heterocycles. The van der Waals surface area contributed by atoms with Gasteiger partial charge in [0.1, 0.15) is 0 Å². The quantitative estimate of drug-likeness (QED) is 0.791. The minimum atomic E-state index is -0.191. The van der Waals surface area contributed by atoms with E-state index in [0.29, 0.717) is 0 Å². The number of aryl methyl sites for hydroxylation is 1. The molecule has 0 saturated heterocycles. The van der Waals surface area contributed by atoms with Gasteiger partial charge in [0.25, 0.3) is 0 Å². The maximum atomic E-state index is 9.78. The number of aliphatic hydroxyl groups is 1.